The Hall–Kier alpha value is -0.760. The van der Waals surface area contributed by atoms with Gasteiger partial charge in [0, 0.05) is 21.7 Å². The van der Waals surface area contributed by atoms with E-state index >= 15 is 0 Å². The Morgan fingerprint density at radius 2 is 1.94 bits per heavy atom. The lowest BCUT2D eigenvalue weighted by Gasteiger charge is -2.04. The summed E-state index contributed by atoms with van der Waals surface area (Å²) in [6.07, 6.45) is 3.37. The molecule has 3 nitrogen and oxygen atoms in total. The molecule has 16 heavy (non-hydrogen) atoms. The Morgan fingerprint density at radius 1 is 1.25 bits per heavy atom. The number of nitrogens with zero attached hydrogens (tertiary/aromatic N) is 2. The predicted molar refractivity (Wildman–Crippen MR) is 72.1 cm³/mol. The van der Waals surface area contributed by atoms with E-state index in [4.69, 9.17) is 0 Å². The second-order valence-electron chi connectivity index (χ2n) is 2.98. The molecule has 1 aromatic heterocycles. The molecule has 0 aliphatic heterocycles. The van der Waals surface area contributed by atoms with Gasteiger partial charge in [-0.05, 0) is 56.7 Å². The van der Waals surface area contributed by atoms with Crippen LogP contribution in [-0.4, -0.2) is 9.97 Å². The topological polar surface area (TPSA) is 37.8 Å². The molecule has 0 saturated carbocycles. The lowest BCUT2D eigenvalue weighted by molar-refractivity contribution is 0.622. The minimum Gasteiger partial charge on any atom is -0.324 e. The van der Waals surface area contributed by atoms with Crippen LogP contribution in [0.1, 0.15) is 0 Å². The molecule has 82 valence electrons. The molecule has 0 amide bonds. The fourth-order valence-electron chi connectivity index (χ4n) is 1.08. The van der Waals surface area contributed by atoms with E-state index in [-0.39, 0.29) is 5.82 Å². The number of hydrogen-bond acceptors (Lipinski definition) is 3. The summed E-state index contributed by atoms with van der Waals surface area (Å²) >= 11 is 5.21. The Labute approximate surface area is 114 Å². The molecule has 1 aromatic carbocycles. The van der Waals surface area contributed by atoms with Crippen molar-refractivity contribution in [2.45, 2.75) is 0 Å². The van der Waals surface area contributed by atoms with Crippen LogP contribution in [-0.2, 0) is 0 Å². The van der Waals surface area contributed by atoms with Gasteiger partial charge in [-0.2, -0.15) is 0 Å². The zero-order valence-electron chi connectivity index (χ0n) is 7.92. The molecule has 0 radical (unpaired) electrons. The predicted octanol–water partition coefficient (Wildman–Crippen LogP) is 3.73. The summed E-state index contributed by atoms with van der Waals surface area (Å²) in [5, 5.41) is 2.91. The van der Waals surface area contributed by atoms with Crippen LogP contribution in [0.3, 0.4) is 0 Å². The van der Waals surface area contributed by atoms with Gasteiger partial charge in [-0.15, -0.1) is 0 Å². The number of anilines is 2. The minimum atomic E-state index is -0.324. The molecular formula is C10H6BrFIN3. The van der Waals surface area contributed by atoms with Gasteiger partial charge < -0.3 is 5.32 Å². The van der Waals surface area contributed by atoms with Crippen LogP contribution in [0.5, 0.6) is 0 Å². The lowest BCUT2D eigenvalue weighted by Crippen LogP contribution is -1.97. The second-order valence-corrected chi connectivity index (χ2v) is 5.08. The molecule has 0 fully saturated rings. The molecule has 0 bridgehead atoms. The summed E-state index contributed by atoms with van der Waals surface area (Å²) in [5.74, 6) is 0.123. The highest BCUT2D eigenvalue weighted by molar-refractivity contribution is 14.1. The SMILES string of the molecule is Fc1cc(Nc2ncc(I)cn2)ccc1Br. The van der Waals surface area contributed by atoms with Crippen LogP contribution in [0.2, 0.25) is 0 Å². The molecule has 0 atom stereocenters. The number of hydrogen-bond donors (Lipinski definition) is 1. The van der Waals surface area contributed by atoms with Gasteiger partial charge in [0.05, 0.1) is 4.47 Å². The highest BCUT2D eigenvalue weighted by Gasteiger charge is 2.02. The molecule has 0 aliphatic rings. The number of benzene rings is 1. The normalized spacial score (nSPS) is 10.2. The maximum Gasteiger partial charge on any atom is 0.227 e. The maximum absolute atomic E-state index is 13.2. The van der Waals surface area contributed by atoms with E-state index in [2.05, 4.69) is 53.8 Å². The van der Waals surface area contributed by atoms with E-state index in [1.807, 2.05) is 0 Å². The molecule has 6 heteroatoms. The van der Waals surface area contributed by atoms with Crippen molar-refractivity contribution in [3.05, 3.63) is 44.5 Å². The van der Waals surface area contributed by atoms with Crippen LogP contribution in [0.4, 0.5) is 16.0 Å². The summed E-state index contributed by atoms with van der Waals surface area (Å²) in [5.41, 5.74) is 0.613. The third-order valence-corrected chi connectivity index (χ3v) is 3.00. The summed E-state index contributed by atoms with van der Waals surface area (Å²) in [6.45, 7) is 0. The van der Waals surface area contributed by atoms with E-state index in [0.29, 0.717) is 16.1 Å². The second kappa shape index (κ2) is 5.05. The standard InChI is InChI=1S/C10H6BrFIN3/c11-8-2-1-7(3-9(8)12)16-10-14-4-6(13)5-15-10/h1-5H,(H,14,15,16). The molecule has 1 N–H and O–H groups in total. The average Bonchev–Trinajstić information content (AvgIpc) is 2.27. The van der Waals surface area contributed by atoms with Crippen molar-refractivity contribution in [1.29, 1.82) is 0 Å². The van der Waals surface area contributed by atoms with Crippen LogP contribution in [0.25, 0.3) is 0 Å². The van der Waals surface area contributed by atoms with Crippen molar-refractivity contribution in [2.75, 3.05) is 5.32 Å². The highest BCUT2D eigenvalue weighted by atomic mass is 127. The average molecular weight is 394 g/mol. The molecular weight excluding hydrogens is 388 g/mol. The van der Waals surface area contributed by atoms with Crippen LogP contribution in [0, 0.1) is 9.39 Å². The minimum absolute atomic E-state index is 0.324. The van der Waals surface area contributed by atoms with Crippen LogP contribution < -0.4 is 5.32 Å². The smallest absolute Gasteiger partial charge is 0.227 e. The van der Waals surface area contributed by atoms with E-state index in [0.717, 1.165) is 3.57 Å². The fourth-order valence-corrected chi connectivity index (χ4v) is 1.60. The number of nitrogens with one attached hydrogen (secondary N) is 1. The molecule has 2 rings (SSSR count). The Morgan fingerprint density at radius 3 is 2.56 bits per heavy atom. The van der Waals surface area contributed by atoms with Crippen molar-refractivity contribution < 1.29 is 4.39 Å². The Kier molecular flexibility index (Phi) is 3.70. The molecule has 0 saturated heterocycles. The van der Waals surface area contributed by atoms with Gasteiger partial charge in [-0.1, -0.05) is 0 Å². The molecule has 2 aromatic rings. The molecule has 0 spiro atoms. The van der Waals surface area contributed by atoms with Gasteiger partial charge in [0.25, 0.3) is 0 Å². The van der Waals surface area contributed by atoms with Crippen molar-refractivity contribution >= 4 is 50.2 Å². The van der Waals surface area contributed by atoms with Gasteiger partial charge in [0.2, 0.25) is 5.95 Å². The third-order valence-electron chi connectivity index (χ3n) is 1.80. The van der Waals surface area contributed by atoms with Crippen molar-refractivity contribution in [3.8, 4) is 0 Å². The Balaban J connectivity index is 2.20. The number of rotatable bonds is 2. The largest absolute Gasteiger partial charge is 0.324 e. The first kappa shape index (κ1) is 11.7. The van der Waals surface area contributed by atoms with Crippen LogP contribution in [0.15, 0.2) is 35.1 Å². The molecule has 0 unspecified atom stereocenters. The van der Waals surface area contributed by atoms with E-state index in [1.165, 1.54) is 6.07 Å². The van der Waals surface area contributed by atoms with E-state index in [1.54, 1.807) is 24.5 Å². The van der Waals surface area contributed by atoms with Gasteiger partial charge >= 0.3 is 0 Å². The molecule has 1 heterocycles. The summed E-state index contributed by atoms with van der Waals surface area (Å²) in [7, 11) is 0. The summed E-state index contributed by atoms with van der Waals surface area (Å²) in [6, 6.07) is 4.75. The maximum atomic E-state index is 13.2. The monoisotopic (exact) mass is 393 g/mol. The Bertz CT molecular complexity index is 504. The zero-order chi connectivity index (χ0) is 11.5. The van der Waals surface area contributed by atoms with Crippen molar-refractivity contribution in [1.82, 2.24) is 9.97 Å². The molecule has 0 aliphatic carbocycles. The number of halogens is 3. The number of aromatic nitrogens is 2. The van der Waals surface area contributed by atoms with Crippen molar-refractivity contribution in [2.24, 2.45) is 0 Å². The first-order valence-electron chi connectivity index (χ1n) is 4.35. The van der Waals surface area contributed by atoms with Gasteiger partial charge in [0.1, 0.15) is 5.82 Å². The first-order valence-corrected chi connectivity index (χ1v) is 6.22. The quantitative estimate of drug-likeness (QED) is 0.790. The van der Waals surface area contributed by atoms with Gasteiger partial charge in [-0.3, -0.25) is 0 Å². The van der Waals surface area contributed by atoms with Gasteiger partial charge in [-0.25, -0.2) is 14.4 Å². The fraction of sp³-hybridized carbons (Fsp3) is 0. The van der Waals surface area contributed by atoms with E-state index in [9.17, 15) is 4.39 Å². The lowest BCUT2D eigenvalue weighted by atomic mass is 10.3. The van der Waals surface area contributed by atoms with Gasteiger partial charge in [0.15, 0.2) is 0 Å². The zero-order valence-corrected chi connectivity index (χ0v) is 11.7. The third kappa shape index (κ3) is 2.88. The summed E-state index contributed by atoms with van der Waals surface area (Å²) < 4.78 is 14.6. The summed E-state index contributed by atoms with van der Waals surface area (Å²) in [4.78, 5) is 8.12. The first-order chi connectivity index (χ1) is 7.65. The highest BCUT2D eigenvalue weighted by Crippen LogP contribution is 2.21. The van der Waals surface area contributed by atoms with E-state index < -0.39 is 0 Å². The van der Waals surface area contributed by atoms with Crippen LogP contribution >= 0.6 is 38.5 Å². The van der Waals surface area contributed by atoms with Crippen molar-refractivity contribution in [3.63, 3.8) is 0 Å².